The van der Waals surface area contributed by atoms with E-state index in [1.54, 1.807) is 0 Å². The van der Waals surface area contributed by atoms with Crippen LogP contribution in [0.3, 0.4) is 0 Å². The molecule has 0 bridgehead atoms. The van der Waals surface area contributed by atoms with E-state index in [1.807, 2.05) is 30.3 Å². The van der Waals surface area contributed by atoms with Gasteiger partial charge in [0.25, 0.3) is 0 Å². The van der Waals surface area contributed by atoms with Crippen molar-refractivity contribution in [1.82, 2.24) is 5.48 Å². The van der Waals surface area contributed by atoms with E-state index in [9.17, 15) is 15.0 Å². The molecule has 0 aliphatic carbocycles. The molecule has 3 N–H and O–H groups in total. The van der Waals surface area contributed by atoms with E-state index in [1.165, 1.54) is 6.92 Å². The van der Waals surface area contributed by atoms with Gasteiger partial charge in [-0.3, -0.25) is 9.63 Å². The molecular formula is C15H19NO7. The first-order valence-electron chi connectivity index (χ1n) is 7.32. The molecule has 0 radical (unpaired) electrons. The Hall–Kier alpha value is -1.55. The van der Waals surface area contributed by atoms with Crippen LogP contribution in [0.2, 0.25) is 0 Å². The van der Waals surface area contributed by atoms with Crippen LogP contribution >= 0.6 is 0 Å². The van der Waals surface area contributed by atoms with Crippen LogP contribution in [0, 0.1) is 0 Å². The molecule has 126 valence electrons. The molecule has 2 fully saturated rings. The number of carbonyl (C=O) groups excluding carboxylic acids is 1. The van der Waals surface area contributed by atoms with Crippen molar-refractivity contribution in [1.29, 1.82) is 0 Å². The lowest BCUT2D eigenvalue weighted by molar-refractivity contribution is -0.363. The molecule has 1 aromatic carbocycles. The van der Waals surface area contributed by atoms with Gasteiger partial charge in [-0.25, -0.2) is 5.48 Å². The first kappa shape index (κ1) is 16.3. The number of ether oxygens (including phenoxy) is 3. The van der Waals surface area contributed by atoms with Gasteiger partial charge in [-0.2, -0.15) is 0 Å². The minimum atomic E-state index is -1.40. The molecule has 8 nitrogen and oxygen atoms in total. The minimum absolute atomic E-state index is 0.158. The van der Waals surface area contributed by atoms with Gasteiger partial charge in [0.1, 0.15) is 18.3 Å². The van der Waals surface area contributed by atoms with Crippen molar-refractivity contribution in [2.24, 2.45) is 0 Å². The number of benzene rings is 1. The number of fused-ring (bicyclic) bond motifs is 1. The highest BCUT2D eigenvalue weighted by Gasteiger charge is 2.50. The maximum atomic E-state index is 10.9. The third kappa shape index (κ3) is 3.52. The summed E-state index contributed by atoms with van der Waals surface area (Å²) in [5, 5.41) is 20.3. The van der Waals surface area contributed by atoms with E-state index in [0.717, 1.165) is 5.56 Å². The van der Waals surface area contributed by atoms with Crippen LogP contribution in [-0.4, -0.2) is 53.4 Å². The maximum absolute atomic E-state index is 10.9. The topological polar surface area (TPSA) is 106 Å². The predicted molar refractivity (Wildman–Crippen MR) is 75.6 cm³/mol. The number of rotatable bonds is 3. The summed E-state index contributed by atoms with van der Waals surface area (Å²) in [5.41, 5.74) is 2.90. The van der Waals surface area contributed by atoms with Gasteiger partial charge in [0.2, 0.25) is 5.91 Å². The molecule has 2 heterocycles. The van der Waals surface area contributed by atoms with Gasteiger partial charge >= 0.3 is 0 Å². The van der Waals surface area contributed by atoms with E-state index in [0.29, 0.717) is 0 Å². The van der Waals surface area contributed by atoms with Gasteiger partial charge in [0.15, 0.2) is 18.7 Å². The number of aliphatic hydroxyl groups is 2. The Labute approximate surface area is 132 Å². The summed E-state index contributed by atoms with van der Waals surface area (Å²) in [4.78, 5) is 15.9. The average Bonchev–Trinajstić information content (AvgIpc) is 2.55. The standard InChI is InChI=1S/C15H19NO7/c1-8(17)16-23-13-11(18)12-10(21-14(13)19)7-20-15(22-12)9-5-3-2-4-6-9/h2-6,10-15,18-19H,7H2,1H3,(H,16,17)/t10-,11-,12-,13-,14+,15?/m1/s1. The smallest absolute Gasteiger partial charge is 0.240 e. The van der Waals surface area contributed by atoms with Crippen LogP contribution in [0.25, 0.3) is 0 Å². The Morgan fingerprint density at radius 2 is 2.00 bits per heavy atom. The van der Waals surface area contributed by atoms with Gasteiger partial charge in [0.05, 0.1) is 6.61 Å². The number of hydrogen-bond acceptors (Lipinski definition) is 7. The Morgan fingerprint density at radius 3 is 2.70 bits per heavy atom. The fraction of sp³-hybridized carbons (Fsp3) is 0.533. The Kier molecular flexibility index (Phi) is 4.90. The van der Waals surface area contributed by atoms with Crippen LogP contribution in [-0.2, 0) is 23.8 Å². The molecule has 23 heavy (non-hydrogen) atoms. The van der Waals surface area contributed by atoms with E-state index >= 15 is 0 Å². The Morgan fingerprint density at radius 1 is 1.26 bits per heavy atom. The first-order valence-corrected chi connectivity index (χ1v) is 7.32. The molecule has 2 saturated heterocycles. The van der Waals surface area contributed by atoms with Gasteiger partial charge < -0.3 is 24.4 Å². The lowest BCUT2D eigenvalue weighted by Crippen LogP contribution is -2.63. The number of nitrogens with one attached hydrogen (secondary N) is 1. The third-order valence-electron chi connectivity index (χ3n) is 3.74. The molecule has 2 aliphatic heterocycles. The molecule has 8 heteroatoms. The molecular weight excluding hydrogens is 306 g/mol. The van der Waals surface area contributed by atoms with E-state index in [-0.39, 0.29) is 6.61 Å². The predicted octanol–water partition coefficient (Wildman–Crippen LogP) is -0.385. The summed E-state index contributed by atoms with van der Waals surface area (Å²) in [6.45, 7) is 1.41. The SMILES string of the molecule is CC(=O)NO[C@@H]1[C@H](O)[C@@H]2OC(c3ccccc3)OC[C@H]2O[C@@H]1O. The molecule has 0 aromatic heterocycles. The zero-order valence-corrected chi connectivity index (χ0v) is 12.5. The summed E-state index contributed by atoms with van der Waals surface area (Å²) >= 11 is 0. The van der Waals surface area contributed by atoms with Crippen molar-refractivity contribution in [2.75, 3.05) is 6.61 Å². The van der Waals surface area contributed by atoms with Crippen molar-refractivity contribution in [3.8, 4) is 0 Å². The zero-order valence-electron chi connectivity index (χ0n) is 12.5. The fourth-order valence-electron chi connectivity index (χ4n) is 2.64. The van der Waals surface area contributed by atoms with Crippen LogP contribution in [0.15, 0.2) is 30.3 Å². The lowest BCUT2D eigenvalue weighted by Gasteiger charge is -2.45. The van der Waals surface area contributed by atoms with Gasteiger partial charge in [-0.1, -0.05) is 30.3 Å². The Balaban J connectivity index is 1.70. The maximum Gasteiger partial charge on any atom is 0.240 e. The van der Waals surface area contributed by atoms with Crippen LogP contribution < -0.4 is 5.48 Å². The van der Waals surface area contributed by atoms with Gasteiger partial charge in [0, 0.05) is 12.5 Å². The van der Waals surface area contributed by atoms with Gasteiger partial charge in [-0.05, 0) is 0 Å². The van der Waals surface area contributed by atoms with Crippen molar-refractivity contribution in [3.63, 3.8) is 0 Å². The molecule has 1 aromatic rings. The lowest BCUT2D eigenvalue weighted by atomic mass is 9.98. The van der Waals surface area contributed by atoms with E-state index in [4.69, 9.17) is 19.0 Å². The summed E-state index contributed by atoms with van der Waals surface area (Å²) in [6, 6.07) is 9.28. The monoisotopic (exact) mass is 325 g/mol. The molecule has 3 rings (SSSR count). The summed E-state index contributed by atoms with van der Waals surface area (Å²) in [6.07, 6.45) is -5.78. The number of aliphatic hydroxyl groups excluding tert-OH is 2. The Bertz CT molecular complexity index is 540. The van der Waals surface area contributed by atoms with Crippen LogP contribution in [0.5, 0.6) is 0 Å². The first-order chi connectivity index (χ1) is 11.1. The van der Waals surface area contributed by atoms with Gasteiger partial charge in [-0.15, -0.1) is 0 Å². The number of carbonyl (C=O) groups is 1. The summed E-state index contributed by atoms with van der Waals surface area (Å²) in [7, 11) is 0. The van der Waals surface area contributed by atoms with Crippen molar-refractivity contribution < 1.29 is 34.1 Å². The van der Waals surface area contributed by atoms with Crippen molar-refractivity contribution in [2.45, 2.75) is 43.9 Å². The molecule has 6 atom stereocenters. The number of hydrogen-bond donors (Lipinski definition) is 3. The van der Waals surface area contributed by atoms with Crippen molar-refractivity contribution >= 4 is 5.91 Å². The summed E-state index contributed by atoms with van der Waals surface area (Å²) < 4.78 is 16.7. The normalized spacial score (nSPS) is 37.0. The molecule has 0 spiro atoms. The highest BCUT2D eigenvalue weighted by molar-refractivity contribution is 5.71. The highest BCUT2D eigenvalue weighted by atomic mass is 16.8. The van der Waals surface area contributed by atoms with Crippen molar-refractivity contribution in [3.05, 3.63) is 35.9 Å². The second-order valence-electron chi connectivity index (χ2n) is 5.47. The highest BCUT2D eigenvalue weighted by Crippen LogP contribution is 2.34. The minimum Gasteiger partial charge on any atom is -0.387 e. The molecule has 0 saturated carbocycles. The molecule has 2 aliphatic rings. The summed E-state index contributed by atoms with van der Waals surface area (Å²) in [5.74, 6) is -0.457. The third-order valence-corrected chi connectivity index (χ3v) is 3.74. The van der Waals surface area contributed by atoms with Crippen LogP contribution in [0.4, 0.5) is 0 Å². The zero-order chi connectivity index (χ0) is 16.4. The number of hydroxylamine groups is 1. The average molecular weight is 325 g/mol. The molecule has 1 amide bonds. The van der Waals surface area contributed by atoms with E-state index < -0.39 is 42.9 Å². The second-order valence-corrected chi connectivity index (χ2v) is 5.47. The van der Waals surface area contributed by atoms with Crippen LogP contribution in [0.1, 0.15) is 18.8 Å². The largest absolute Gasteiger partial charge is 0.387 e. The molecule has 1 unspecified atom stereocenters. The van der Waals surface area contributed by atoms with E-state index in [2.05, 4.69) is 5.48 Å². The fourth-order valence-corrected chi connectivity index (χ4v) is 2.64. The number of amides is 1. The quantitative estimate of drug-likeness (QED) is 0.650. The second kappa shape index (κ2) is 6.91.